The van der Waals surface area contributed by atoms with Gasteiger partial charge in [0.25, 0.3) is 0 Å². The normalized spacial score (nSPS) is 11.9. The number of aryl methyl sites for hydroxylation is 1. The van der Waals surface area contributed by atoms with E-state index in [4.69, 9.17) is 0 Å². The van der Waals surface area contributed by atoms with Gasteiger partial charge in [-0.15, -0.1) is 11.3 Å². The summed E-state index contributed by atoms with van der Waals surface area (Å²) in [5, 5.41) is 8.66. The molecule has 0 radical (unpaired) electrons. The van der Waals surface area contributed by atoms with Crippen molar-refractivity contribution in [3.63, 3.8) is 0 Å². The fourth-order valence-electron chi connectivity index (χ4n) is 7.55. The molecule has 0 saturated heterocycles. The fraction of sp³-hybridized carbons (Fsp3) is 0.0222. The molecule has 0 amide bonds. The zero-order chi connectivity index (χ0) is 31.8. The molecule has 48 heavy (non-hydrogen) atoms. The SMILES string of the molecule is Cc1ccc(-n2c3ccccc3c3cc(-c4ccc5c(c4)c4ccccc4n5-c4ccc(-c5csc6ccccc56)cc4)ccc32)cc1. The summed E-state index contributed by atoms with van der Waals surface area (Å²) in [6, 6.07) is 58.0. The highest BCUT2D eigenvalue weighted by atomic mass is 32.1. The molecule has 0 aliphatic heterocycles. The molecule has 0 fully saturated rings. The molecule has 10 rings (SSSR count). The summed E-state index contributed by atoms with van der Waals surface area (Å²) < 4.78 is 6.12. The van der Waals surface area contributed by atoms with Crippen molar-refractivity contribution in [1.82, 2.24) is 9.13 Å². The van der Waals surface area contributed by atoms with Crippen LogP contribution in [0.2, 0.25) is 0 Å². The molecule has 3 heterocycles. The third-order valence-corrected chi connectivity index (χ3v) is 10.9. The standard InChI is InChI=1S/C45H30N2S/c1-29-14-20-33(21-15-29)46-41-11-5-2-8-35(41)38-26-31(18-24-43(38)46)32-19-25-44-39(27-32)36-9-3-6-12-42(36)47(44)34-22-16-30(17-23-34)40-28-48-45-13-7-4-10-37(40)45/h2-28H,1H3. The van der Waals surface area contributed by atoms with Crippen molar-refractivity contribution in [1.29, 1.82) is 0 Å². The number of nitrogens with zero attached hydrogens (tertiary/aromatic N) is 2. The first-order chi connectivity index (χ1) is 23.7. The third kappa shape index (κ3) is 4.11. The topological polar surface area (TPSA) is 9.86 Å². The first-order valence-electron chi connectivity index (χ1n) is 16.4. The Morgan fingerprint density at radius 2 is 0.854 bits per heavy atom. The minimum Gasteiger partial charge on any atom is -0.309 e. The van der Waals surface area contributed by atoms with E-state index in [1.54, 1.807) is 0 Å². The van der Waals surface area contributed by atoms with Gasteiger partial charge in [0.15, 0.2) is 0 Å². The summed E-state index contributed by atoms with van der Waals surface area (Å²) >= 11 is 1.81. The van der Waals surface area contributed by atoms with E-state index >= 15 is 0 Å². The molecule has 0 aliphatic carbocycles. The van der Waals surface area contributed by atoms with E-state index in [0.29, 0.717) is 0 Å². The van der Waals surface area contributed by atoms with Crippen LogP contribution in [0.15, 0.2) is 163 Å². The molecule has 7 aromatic carbocycles. The lowest BCUT2D eigenvalue weighted by Gasteiger charge is -2.10. The Kier molecular flexibility index (Phi) is 5.99. The number of rotatable bonds is 4. The van der Waals surface area contributed by atoms with Crippen molar-refractivity contribution in [3.05, 3.63) is 169 Å². The van der Waals surface area contributed by atoms with Gasteiger partial charge < -0.3 is 9.13 Å². The maximum absolute atomic E-state index is 2.41. The van der Waals surface area contributed by atoms with E-state index in [9.17, 15) is 0 Å². The molecule has 0 bridgehead atoms. The van der Waals surface area contributed by atoms with Crippen LogP contribution < -0.4 is 0 Å². The largest absolute Gasteiger partial charge is 0.309 e. The summed E-state index contributed by atoms with van der Waals surface area (Å²) in [6.45, 7) is 2.14. The molecule has 0 unspecified atom stereocenters. The smallest absolute Gasteiger partial charge is 0.0541 e. The maximum Gasteiger partial charge on any atom is 0.0541 e. The second-order valence-corrected chi connectivity index (χ2v) is 13.6. The van der Waals surface area contributed by atoms with Crippen LogP contribution in [-0.2, 0) is 0 Å². The van der Waals surface area contributed by atoms with Crippen molar-refractivity contribution < 1.29 is 0 Å². The van der Waals surface area contributed by atoms with Crippen LogP contribution in [0.25, 0.3) is 87.3 Å². The first-order valence-corrected chi connectivity index (χ1v) is 17.3. The monoisotopic (exact) mass is 630 g/mol. The average Bonchev–Trinajstić information content (AvgIpc) is 3.82. The summed E-state index contributed by atoms with van der Waals surface area (Å²) in [6.07, 6.45) is 0. The fourth-order valence-corrected chi connectivity index (χ4v) is 8.52. The number of benzene rings is 7. The molecule has 0 spiro atoms. The quantitative estimate of drug-likeness (QED) is 0.183. The predicted octanol–water partition coefficient (Wildman–Crippen LogP) is 12.7. The molecular formula is C45H30N2S. The Labute approximate surface area is 282 Å². The highest BCUT2D eigenvalue weighted by Crippen LogP contribution is 2.39. The lowest BCUT2D eigenvalue weighted by molar-refractivity contribution is 1.17. The first kappa shape index (κ1) is 27.2. The lowest BCUT2D eigenvalue weighted by Crippen LogP contribution is -1.94. The molecule has 226 valence electrons. The minimum absolute atomic E-state index is 1.17. The van der Waals surface area contributed by atoms with Crippen LogP contribution in [0.3, 0.4) is 0 Å². The van der Waals surface area contributed by atoms with Crippen LogP contribution in [0, 0.1) is 6.92 Å². The van der Waals surface area contributed by atoms with Gasteiger partial charge in [-0.3, -0.25) is 0 Å². The Morgan fingerprint density at radius 3 is 1.44 bits per heavy atom. The summed E-state index contributed by atoms with van der Waals surface area (Å²) in [5.74, 6) is 0. The molecule has 0 atom stereocenters. The van der Waals surface area contributed by atoms with E-state index in [2.05, 4.69) is 179 Å². The van der Waals surface area contributed by atoms with Crippen molar-refractivity contribution in [2.45, 2.75) is 6.92 Å². The van der Waals surface area contributed by atoms with E-state index < -0.39 is 0 Å². The Morgan fingerprint density at radius 1 is 0.396 bits per heavy atom. The molecular weight excluding hydrogens is 601 g/mol. The number of hydrogen-bond donors (Lipinski definition) is 0. The van der Waals surface area contributed by atoms with Gasteiger partial charge in [-0.1, -0.05) is 96.6 Å². The predicted molar refractivity (Wildman–Crippen MR) is 206 cm³/mol. The summed E-state index contributed by atoms with van der Waals surface area (Å²) in [7, 11) is 0. The van der Waals surface area contributed by atoms with Gasteiger partial charge in [0.2, 0.25) is 0 Å². The number of para-hydroxylation sites is 2. The van der Waals surface area contributed by atoms with E-state index in [1.165, 1.54) is 92.9 Å². The van der Waals surface area contributed by atoms with Crippen LogP contribution in [0.4, 0.5) is 0 Å². The Hall–Kier alpha value is -5.90. The number of aromatic nitrogens is 2. The molecule has 0 saturated carbocycles. The van der Waals surface area contributed by atoms with E-state index in [-0.39, 0.29) is 0 Å². The van der Waals surface area contributed by atoms with Crippen molar-refractivity contribution >= 4 is 65.0 Å². The lowest BCUT2D eigenvalue weighted by atomic mass is 10.0. The van der Waals surface area contributed by atoms with Crippen LogP contribution in [0.1, 0.15) is 5.56 Å². The van der Waals surface area contributed by atoms with Gasteiger partial charge in [0.05, 0.1) is 22.1 Å². The summed E-state index contributed by atoms with van der Waals surface area (Å²) in [4.78, 5) is 0. The second kappa shape index (κ2) is 10.6. The molecule has 0 aliphatic rings. The third-order valence-electron chi connectivity index (χ3n) is 9.89. The minimum atomic E-state index is 1.17. The number of fused-ring (bicyclic) bond motifs is 7. The molecule has 2 nitrogen and oxygen atoms in total. The maximum atomic E-state index is 2.41. The Bertz CT molecular complexity index is 2830. The van der Waals surface area contributed by atoms with Crippen LogP contribution in [-0.4, -0.2) is 9.13 Å². The highest BCUT2D eigenvalue weighted by Gasteiger charge is 2.16. The van der Waals surface area contributed by atoms with Gasteiger partial charge in [-0.2, -0.15) is 0 Å². The molecule has 0 N–H and O–H groups in total. The number of hydrogen-bond acceptors (Lipinski definition) is 1. The zero-order valence-corrected chi connectivity index (χ0v) is 27.2. The zero-order valence-electron chi connectivity index (χ0n) is 26.4. The average molecular weight is 631 g/mol. The van der Waals surface area contributed by atoms with Gasteiger partial charge in [0.1, 0.15) is 0 Å². The second-order valence-electron chi connectivity index (χ2n) is 12.7. The van der Waals surface area contributed by atoms with E-state index in [1.807, 2.05) is 11.3 Å². The van der Waals surface area contributed by atoms with Gasteiger partial charge >= 0.3 is 0 Å². The Balaban J connectivity index is 1.10. The van der Waals surface area contributed by atoms with Crippen LogP contribution in [0.5, 0.6) is 0 Å². The highest BCUT2D eigenvalue weighted by molar-refractivity contribution is 7.17. The van der Waals surface area contributed by atoms with Gasteiger partial charge in [0, 0.05) is 48.6 Å². The van der Waals surface area contributed by atoms with Crippen molar-refractivity contribution in [3.8, 4) is 33.6 Å². The molecule has 3 heteroatoms. The molecule has 10 aromatic rings. The van der Waals surface area contributed by atoms with Crippen molar-refractivity contribution in [2.24, 2.45) is 0 Å². The van der Waals surface area contributed by atoms with Crippen molar-refractivity contribution in [2.75, 3.05) is 0 Å². The van der Waals surface area contributed by atoms with Gasteiger partial charge in [-0.25, -0.2) is 0 Å². The summed E-state index contributed by atoms with van der Waals surface area (Å²) in [5.41, 5.74) is 13.5. The van der Waals surface area contributed by atoms with Gasteiger partial charge in [-0.05, 0) is 95.7 Å². The molecule has 3 aromatic heterocycles. The van der Waals surface area contributed by atoms with Crippen LogP contribution >= 0.6 is 11.3 Å². The van der Waals surface area contributed by atoms with E-state index in [0.717, 1.165) is 0 Å². The number of thiophene rings is 1.